The number of halogens is 1. The Hall–Kier alpha value is -0.970. The molecule has 96 valence electrons. The standard InChI is InChI=1S/C13H20FNO2/c1-9(2)13(15)12(7-16)17-8-10-5-3-4-6-11(10)14/h3-6,9,12-13,16H,7-8,15H2,1-2H3. The summed E-state index contributed by atoms with van der Waals surface area (Å²) in [7, 11) is 0. The number of nitrogens with two attached hydrogens (primary N) is 1. The molecule has 2 unspecified atom stereocenters. The molecule has 1 aromatic rings. The zero-order chi connectivity index (χ0) is 12.8. The second kappa shape index (κ2) is 6.69. The number of hydrogen-bond acceptors (Lipinski definition) is 3. The van der Waals surface area contributed by atoms with Crippen LogP contribution in [0.2, 0.25) is 0 Å². The van der Waals surface area contributed by atoms with Crippen molar-refractivity contribution >= 4 is 0 Å². The van der Waals surface area contributed by atoms with E-state index in [0.717, 1.165) is 0 Å². The Morgan fingerprint density at radius 1 is 1.35 bits per heavy atom. The van der Waals surface area contributed by atoms with Gasteiger partial charge in [-0.2, -0.15) is 0 Å². The van der Waals surface area contributed by atoms with Crippen LogP contribution in [0.25, 0.3) is 0 Å². The van der Waals surface area contributed by atoms with Crippen molar-refractivity contribution in [3.05, 3.63) is 35.6 Å². The van der Waals surface area contributed by atoms with E-state index in [2.05, 4.69) is 0 Å². The molecule has 0 saturated carbocycles. The van der Waals surface area contributed by atoms with Crippen molar-refractivity contribution in [2.75, 3.05) is 6.61 Å². The third-order valence-electron chi connectivity index (χ3n) is 2.79. The van der Waals surface area contributed by atoms with Crippen LogP contribution < -0.4 is 5.73 Å². The summed E-state index contributed by atoms with van der Waals surface area (Å²) in [4.78, 5) is 0. The number of aliphatic hydroxyl groups excluding tert-OH is 1. The predicted octanol–water partition coefficient (Wildman–Crippen LogP) is 1.69. The average molecular weight is 241 g/mol. The maximum atomic E-state index is 13.3. The second-order valence-electron chi connectivity index (χ2n) is 4.44. The molecule has 0 aromatic heterocycles. The van der Waals surface area contributed by atoms with Crippen LogP contribution in [-0.4, -0.2) is 23.9 Å². The molecule has 0 aliphatic carbocycles. The molecule has 0 aliphatic rings. The highest BCUT2D eigenvalue weighted by Gasteiger charge is 2.21. The molecule has 0 heterocycles. The van der Waals surface area contributed by atoms with Crippen LogP contribution in [0.4, 0.5) is 4.39 Å². The summed E-state index contributed by atoms with van der Waals surface area (Å²) in [5.41, 5.74) is 6.37. The lowest BCUT2D eigenvalue weighted by Gasteiger charge is -2.25. The Morgan fingerprint density at radius 2 is 2.00 bits per heavy atom. The SMILES string of the molecule is CC(C)C(N)C(CO)OCc1ccccc1F. The van der Waals surface area contributed by atoms with Crippen molar-refractivity contribution in [2.45, 2.75) is 32.6 Å². The normalized spacial score (nSPS) is 14.9. The van der Waals surface area contributed by atoms with E-state index >= 15 is 0 Å². The number of aliphatic hydroxyl groups is 1. The van der Waals surface area contributed by atoms with Crippen molar-refractivity contribution in [1.29, 1.82) is 0 Å². The van der Waals surface area contributed by atoms with Crippen LogP contribution >= 0.6 is 0 Å². The van der Waals surface area contributed by atoms with E-state index in [-0.39, 0.29) is 31.0 Å². The molecule has 0 aliphatic heterocycles. The lowest BCUT2D eigenvalue weighted by atomic mass is 10.00. The Kier molecular flexibility index (Phi) is 5.55. The minimum absolute atomic E-state index is 0.123. The summed E-state index contributed by atoms with van der Waals surface area (Å²) in [5, 5.41) is 9.19. The fraction of sp³-hybridized carbons (Fsp3) is 0.538. The van der Waals surface area contributed by atoms with Gasteiger partial charge in [-0.15, -0.1) is 0 Å². The molecule has 3 N–H and O–H groups in total. The molecular formula is C13H20FNO2. The zero-order valence-corrected chi connectivity index (χ0v) is 10.3. The van der Waals surface area contributed by atoms with E-state index in [1.165, 1.54) is 6.07 Å². The van der Waals surface area contributed by atoms with Crippen LogP contribution in [0, 0.1) is 11.7 Å². The maximum absolute atomic E-state index is 13.3. The molecule has 1 aromatic carbocycles. The molecule has 0 fully saturated rings. The van der Waals surface area contributed by atoms with Gasteiger partial charge in [0.1, 0.15) is 5.82 Å². The molecule has 0 radical (unpaired) electrons. The first-order valence-corrected chi connectivity index (χ1v) is 5.77. The van der Waals surface area contributed by atoms with Gasteiger partial charge in [-0.05, 0) is 12.0 Å². The predicted molar refractivity (Wildman–Crippen MR) is 64.9 cm³/mol. The lowest BCUT2D eigenvalue weighted by Crippen LogP contribution is -2.43. The summed E-state index contributed by atoms with van der Waals surface area (Å²) in [6.45, 7) is 3.88. The number of ether oxygens (including phenoxy) is 1. The highest BCUT2D eigenvalue weighted by Crippen LogP contribution is 2.12. The first-order chi connectivity index (χ1) is 8.06. The third-order valence-corrected chi connectivity index (χ3v) is 2.79. The van der Waals surface area contributed by atoms with Gasteiger partial charge in [0, 0.05) is 11.6 Å². The first-order valence-electron chi connectivity index (χ1n) is 5.77. The van der Waals surface area contributed by atoms with Crippen molar-refractivity contribution in [2.24, 2.45) is 11.7 Å². The molecule has 2 atom stereocenters. The van der Waals surface area contributed by atoms with Crippen LogP contribution in [0.15, 0.2) is 24.3 Å². The second-order valence-corrected chi connectivity index (χ2v) is 4.44. The largest absolute Gasteiger partial charge is 0.394 e. The maximum Gasteiger partial charge on any atom is 0.128 e. The molecule has 4 heteroatoms. The van der Waals surface area contributed by atoms with E-state index in [0.29, 0.717) is 5.56 Å². The van der Waals surface area contributed by atoms with Gasteiger partial charge in [0.25, 0.3) is 0 Å². The average Bonchev–Trinajstić information content (AvgIpc) is 2.31. The van der Waals surface area contributed by atoms with Crippen LogP contribution in [0.1, 0.15) is 19.4 Å². The van der Waals surface area contributed by atoms with Gasteiger partial charge >= 0.3 is 0 Å². The van der Waals surface area contributed by atoms with E-state index < -0.39 is 6.10 Å². The molecule has 17 heavy (non-hydrogen) atoms. The molecule has 0 spiro atoms. The molecule has 0 amide bonds. The Bertz CT molecular complexity index is 344. The summed E-state index contributed by atoms with van der Waals surface area (Å²) in [6.07, 6.45) is -0.463. The molecular weight excluding hydrogens is 221 g/mol. The van der Waals surface area contributed by atoms with Gasteiger partial charge in [0.15, 0.2) is 0 Å². The quantitative estimate of drug-likeness (QED) is 0.796. The Labute approximate surface area is 101 Å². The summed E-state index contributed by atoms with van der Waals surface area (Å²) in [5.74, 6) is -0.102. The Balaban J connectivity index is 2.56. The summed E-state index contributed by atoms with van der Waals surface area (Å²) < 4.78 is 18.8. The monoisotopic (exact) mass is 241 g/mol. The van der Waals surface area contributed by atoms with Gasteiger partial charge < -0.3 is 15.6 Å². The van der Waals surface area contributed by atoms with E-state index in [1.54, 1.807) is 18.2 Å². The minimum Gasteiger partial charge on any atom is -0.394 e. The molecule has 3 nitrogen and oxygen atoms in total. The summed E-state index contributed by atoms with van der Waals surface area (Å²) in [6, 6.07) is 6.16. The fourth-order valence-electron chi connectivity index (χ4n) is 1.53. The van der Waals surface area contributed by atoms with Crippen LogP contribution in [-0.2, 0) is 11.3 Å². The van der Waals surface area contributed by atoms with Gasteiger partial charge in [0.2, 0.25) is 0 Å². The molecule has 0 saturated heterocycles. The molecule has 1 rings (SSSR count). The van der Waals surface area contributed by atoms with E-state index in [9.17, 15) is 9.50 Å². The van der Waals surface area contributed by atoms with Gasteiger partial charge in [-0.25, -0.2) is 4.39 Å². The number of benzene rings is 1. The minimum atomic E-state index is -0.463. The smallest absolute Gasteiger partial charge is 0.128 e. The van der Waals surface area contributed by atoms with Gasteiger partial charge in [-0.1, -0.05) is 32.0 Å². The van der Waals surface area contributed by atoms with Crippen molar-refractivity contribution in [3.63, 3.8) is 0 Å². The summed E-state index contributed by atoms with van der Waals surface area (Å²) >= 11 is 0. The Morgan fingerprint density at radius 3 is 2.53 bits per heavy atom. The topological polar surface area (TPSA) is 55.5 Å². The van der Waals surface area contributed by atoms with Crippen molar-refractivity contribution in [1.82, 2.24) is 0 Å². The van der Waals surface area contributed by atoms with Crippen molar-refractivity contribution in [3.8, 4) is 0 Å². The highest BCUT2D eigenvalue weighted by atomic mass is 19.1. The highest BCUT2D eigenvalue weighted by molar-refractivity contribution is 5.16. The number of rotatable bonds is 6. The zero-order valence-electron chi connectivity index (χ0n) is 10.3. The third kappa shape index (κ3) is 4.07. The fourth-order valence-corrected chi connectivity index (χ4v) is 1.53. The van der Waals surface area contributed by atoms with Gasteiger partial charge in [-0.3, -0.25) is 0 Å². The molecule has 0 bridgehead atoms. The van der Waals surface area contributed by atoms with Crippen LogP contribution in [0.3, 0.4) is 0 Å². The van der Waals surface area contributed by atoms with Crippen molar-refractivity contribution < 1.29 is 14.2 Å². The number of hydrogen-bond donors (Lipinski definition) is 2. The van der Waals surface area contributed by atoms with E-state index in [4.69, 9.17) is 10.5 Å². The van der Waals surface area contributed by atoms with Gasteiger partial charge in [0.05, 0.1) is 19.3 Å². The van der Waals surface area contributed by atoms with Crippen LogP contribution in [0.5, 0.6) is 0 Å². The first kappa shape index (κ1) is 14.1. The van der Waals surface area contributed by atoms with E-state index in [1.807, 2.05) is 13.8 Å². The lowest BCUT2D eigenvalue weighted by molar-refractivity contribution is -0.0215.